The number of para-hydroxylation sites is 1. The van der Waals surface area contributed by atoms with Gasteiger partial charge in [-0.2, -0.15) is 0 Å². The summed E-state index contributed by atoms with van der Waals surface area (Å²) >= 11 is 0. The monoisotopic (exact) mass is 220 g/mol. The van der Waals surface area contributed by atoms with Crippen molar-refractivity contribution in [3.8, 4) is 0 Å². The van der Waals surface area contributed by atoms with Crippen LogP contribution in [0.1, 0.15) is 5.56 Å². The maximum atomic E-state index is 3.30. The normalized spacial score (nSPS) is 13.2. The Bertz CT molecular complexity index is 778. The van der Waals surface area contributed by atoms with E-state index in [-0.39, 0.29) is 0 Å². The minimum atomic E-state index is 1.18. The first-order valence-corrected chi connectivity index (χ1v) is 5.81. The lowest BCUT2D eigenvalue weighted by Crippen LogP contribution is -1.98. The molecule has 4 rings (SSSR count). The van der Waals surface area contributed by atoms with E-state index in [2.05, 4.69) is 59.4 Å². The van der Waals surface area contributed by atoms with Crippen LogP contribution in [0.2, 0.25) is 0 Å². The standard InChI is InChI=1S/C15H12N2/c1-10-5-6-14-12(9-10)11-3-2-4-13-15(11)17(14)8-7-16-13/h2-9,16H,1H3. The summed E-state index contributed by atoms with van der Waals surface area (Å²) in [5.74, 6) is 0. The first kappa shape index (κ1) is 8.88. The van der Waals surface area contributed by atoms with Crippen LogP contribution >= 0.6 is 0 Å². The van der Waals surface area contributed by atoms with Gasteiger partial charge in [-0.1, -0.05) is 23.8 Å². The van der Waals surface area contributed by atoms with Crippen molar-refractivity contribution in [1.82, 2.24) is 4.57 Å². The Kier molecular flexibility index (Phi) is 1.52. The molecule has 2 nitrogen and oxygen atoms in total. The van der Waals surface area contributed by atoms with Crippen LogP contribution < -0.4 is 5.32 Å². The lowest BCUT2D eigenvalue weighted by Gasteiger charge is -2.11. The fraction of sp³-hybridized carbons (Fsp3) is 0.0667. The summed E-state index contributed by atoms with van der Waals surface area (Å²) in [6, 6.07) is 13.0. The lowest BCUT2D eigenvalue weighted by atomic mass is 10.1. The molecule has 0 atom stereocenters. The molecule has 3 aromatic rings. The van der Waals surface area contributed by atoms with Gasteiger partial charge < -0.3 is 9.88 Å². The summed E-state index contributed by atoms with van der Waals surface area (Å²) in [7, 11) is 0. The number of anilines is 1. The minimum absolute atomic E-state index is 1.18. The molecule has 0 amide bonds. The van der Waals surface area contributed by atoms with Crippen molar-refractivity contribution in [3.05, 3.63) is 48.2 Å². The predicted molar refractivity (Wildman–Crippen MR) is 73.1 cm³/mol. The fourth-order valence-corrected chi connectivity index (χ4v) is 2.69. The second-order valence-electron chi connectivity index (χ2n) is 4.55. The molecule has 0 spiro atoms. The highest BCUT2D eigenvalue weighted by molar-refractivity contribution is 6.14. The Morgan fingerprint density at radius 2 is 2.00 bits per heavy atom. The first-order chi connectivity index (χ1) is 8.34. The number of hydrogen-bond acceptors (Lipinski definition) is 1. The van der Waals surface area contributed by atoms with Crippen LogP contribution in [0.5, 0.6) is 0 Å². The molecule has 2 heterocycles. The van der Waals surface area contributed by atoms with Crippen LogP contribution in [-0.4, -0.2) is 4.57 Å². The molecule has 82 valence electrons. The molecule has 0 aliphatic carbocycles. The summed E-state index contributed by atoms with van der Waals surface area (Å²) in [4.78, 5) is 0. The molecule has 2 heteroatoms. The van der Waals surface area contributed by atoms with E-state index >= 15 is 0 Å². The van der Waals surface area contributed by atoms with Crippen molar-refractivity contribution in [3.63, 3.8) is 0 Å². The predicted octanol–water partition coefficient (Wildman–Crippen LogP) is 3.96. The summed E-state index contributed by atoms with van der Waals surface area (Å²) in [5, 5.41) is 5.95. The molecule has 0 bridgehead atoms. The summed E-state index contributed by atoms with van der Waals surface area (Å²) in [6.07, 6.45) is 4.08. The largest absolute Gasteiger partial charge is 0.359 e. The van der Waals surface area contributed by atoms with Crippen molar-refractivity contribution in [2.24, 2.45) is 0 Å². The van der Waals surface area contributed by atoms with E-state index in [4.69, 9.17) is 0 Å². The lowest BCUT2D eigenvalue weighted by molar-refractivity contribution is 1.26. The highest BCUT2D eigenvalue weighted by Crippen LogP contribution is 2.35. The Hall–Kier alpha value is -2.22. The van der Waals surface area contributed by atoms with Gasteiger partial charge in [0.25, 0.3) is 0 Å². The number of nitrogens with one attached hydrogen (secondary N) is 1. The molecule has 2 aromatic carbocycles. The van der Waals surface area contributed by atoms with Crippen molar-refractivity contribution in [2.75, 3.05) is 5.32 Å². The van der Waals surface area contributed by atoms with Gasteiger partial charge in [-0.15, -0.1) is 0 Å². The second kappa shape index (κ2) is 2.92. The number of rotatable bonds is 0. The number of aromatic nitrogens is 1. The zero-order valence-electron chi connectivity index (χ0n) is 9.57. The van der Waals surface area contributed by atoms with Crippen molar-refractivity contribution in [2.45, 2.75) is 6.92 Å². The van der Waals surface area contributed by atoms with Gasteiger partial charge in [-0.25, -0.2) is 0 Å². The van der Waals surface area contributed by atoms with Gasteiger partial charge in [0.05, 0.1) is 16.7 Å². The zero-order chi connectivity index (χ0) is 11.4. The second-order valence-corrected chi connectivity index (χ2v) is 4.55. The average Bonchev–Trinajstić information content (AvgIpc) is 2.67. The van der Waals surface area contributed by atoms with E-state index in [9.17, 15) is 0 Å². The van der Waals surface area contributed by atoms with Gasteiger partial charge in [0.1, 0.15) is 0 Å². The Labute approximate surface area is 99.2 Å². The Morgan fingerprint density at radius 1 is 1.06 bits per heavy atom. The maximum absolute atomic E-state index is 3.30. The van der Waals surface area contributed by atoms with E-state index in [0.29, 0.717) is 0 Å². The number of aryl methyl sites for hydroxylation is 1. The Balaban J connectivity index is 2.36. The Morgan fingerprint density at radius 3 is 2.94 bits per heavy atom. The SMILES string of the molecule is Cc1ccc2c(c1)c1cccc3c1n2C=CN3. The number of hydrogen-bond donors (Lipinski definition) is 1. The van der Waals surface area contributed by atoms with Crippen molar-refractivity contribution >= 4 is 33.7 Å². The molecule has 0 unspecified atom stereocenters. The summed E-state index contributed by atoms with van der Waals surface area (Å²) in [5.41, 5.74) is 5.03. The van der Waals surface area contributed by atoms with E-state index in [1.54, 1.807) is 0 Å². The molecule has 0 fully saturated rings. The molecule has 1 aromatic heterocycles. The van der Waals surface area contributed by atoms with Crippen LogP contribution in [-0.2, 0) is 0 Å². The quantitative estimate of drug-likeness (QED) is 0.607. The molecule has 1 aliphatic heterocycles. The molecular formula is C15H12N2. The van der Waals surface area contributed by atoms with Crippen LogP contribution in [0.3, 0.4) is 0 Å². The fourth-order valence-electron chi connectivity index (χ4n) is 2.69. The van der Waals surface area contributed by atoms with Crippen LogP contribution in [0.15, 0.2) is 42.6 Å². The zero-order valence-corrected chi connectivity index (χ0v) is 9.57. The van der Waals surface area contributed by atoms with Crippen LogP contribution in [0, 0.1) is 6.92 Å². The molecule has 17 heavy (non-hydrogen) atoms. The molecule has 1 aliphatic rings. The van der Waals surface area contributed by atoms with Gasteiger partial charge in [0, 0.05) is 23.2 Å². The summed E-state index contributed by atoms with van der Waals surface area (Å²) < 4.78 is 2.26. The number of nitrogens with zero attached hydrogens (tertiary/aromatic N) is 1. The first-order valence-electron chi connectivity index (χ1n) is 5.81. The highest BCUT2D eigenvalue weighted by atomic mass is 15.0. The van der Waals surface area contributed by atoms with Crippen molar-refractivity contribution in [1.29, 1.82) is 0 Å². The maximum Gasteiger partial charge on any atom is 0.0772 e. The van der Waals surface area contributed by atoms with Gasteiger partial charge >= 0.3 is 0 Å². The average molecular weight is 220 g/mol. The van der Waals surface area contributed by atoms with Crippen LogP contribution in [0.25, 0.3) is 28.0 Å². The third kappa shape index (κ3) is 1.04. The third-order valence-corrected chi connectivity index (χ3v) is 3.44. The van der Waals surface area contributed by atoms with Gasteiger partial charge in [0.2, 0.25) is 0 Å². The summed E-state index contributed by atoms with van der Waals surface area (Å²) in [6.45, 7) is 2.14. The third-order valence-electron chi connectivity index (χ3n) is 3.44. The molecule has 0 radical (unpaired) electrons. The van der Waals surface area contributed by atoms with Crippen LogP contribution in [0.4, 0.5) is 5.69 Å². The molecule has 1 N–H and O–H groups in total. The van der Waals surface area contributed by atoms with Gasteiger partial charge in [0.15, 0.2) is 0 Å². The molecular weight excluding hydrogens is 208 g/mol. The van der Waals surface area contributed by atoms with E-state index in [1.807, 2.05) is 6.20 Å². The van der Waals surface area contributed by atoms with E-state index < -0.39 is 0 Å². The number of fused-ring (bicyclic) bond motifs is 3. The van der Waals surface area contributed by atoms with Gasteiger partial charge in [-0.3, -0.25) is 0 Å². The topological polar surface area (TPSA) is 17.0 Å². The van der Waals surface area contributed by atoms with Gasteiger partial charge in [-0.05, 0) is 25.1 Å². The van der Waals surface area contributed by atoms with E-state index in [1.165, 1.54) is 33.1 Å². The van der Waals surface area contributed by atoms with Crippen molar-refractivity contribution < 1.29 is 0 Å². The smallest absolute Gasteiger partial charge is 0.0772 e. The molecule has 0 saturated heterocycles. The highest BCUT2D eigenvalue weighted by Gasteiger charge is 2.13. The minimum Gasteiger partial charge on any atom is -0.359 e. The molecule has 0 saturated carbocycles. The number of benzene rings is 2. The van der Waals surface area contributed by atoms with E-state index in [0.717, 1.165) is 0 Å².